The van der Waals surface area contributed by atoms with E-state index in [1.54, 1.807) is 0 Å². The second kappa shape index (κ2) is 4.09. The van der Waals surface area contributed by atoms with Crippen LogP contribution >= 0.6 is 9.03 Å². The van der Waals surface area contributed by atoms with Crippen molar-refractivity contribution in [3.8, 4) is 0 Å². The molecular formula is C10H12N3OP. The van der Waals surface area contributed by atoms with E-state index in [0.29, 0.717) is 5.82 Å². The summed E-state index contributed by atoms with van der Waals surface area (Å²) in [5.74, 6) is 0.563. The summed E-state index contributed by atoms with van der Waals surface area (Å²) in [5.41, 5.74) is 7.64. The lowest BCUT2D eigenvalue weighted by Gasteiger charge is -2.04. The van der Waals surface area contributed by atoms with E-state index in [1.807, 2.05) is 25.1 Å². The van der Waals surface area contributed by atoms with Crippen LogP contribution < -0.4 is 5.73 Å². The highest BCUT2D eigenvalue weighted by Crippen LogP contribution is 2.26. The molecule has 0 saturated heterocycles. The van der Waals surface area contributed by atoms with E-state index >= 15 is 0 Å². The molecule has 78 valence electrons. The van der Waals surface area contributed by atoms with E-state index in [4.69, 9.17) is 10.3 Å². The van der Waals surface area contributed by atoms with E-state index in [-0.39, 0.29) is 6.04 Å². The first-order valence-corrected chi connectivity index (χ1v) is 5.17. The molecule has 1 unspecified atom stereocenters. The van der Waals surface area contributed by atoms with Gasteiger partial charge in [-0.25, -0.2) is 4.74 Å². The summed E-state index contributed by atoms with van der Waals surface area (Å²) in [6, 6.07) is 6.04. The highest BCUT2D eigenvalue weighted by atomic mass is 31.0. The van der Waals surface area contributed by atoms with Crippen molar-refractivity contribution >= 4 is 25.8 Å². The summed E-state index contributed by atoms with van der Waals surface area (Å²) in [6.07, 6.45) is 0.836. The van der Waals surface area contributed by atoms with Crippen LogP contribution in [-0.4, -0.2) is 11.2 Å². The van der Waals surface area contributed by atoms with Crippen LogP contribution in [0, 0.1) is 0 Å². The molecule has 0 amide bonds. The molecule has 2 aromatic rings. The lowest BCUT2D eigenvalue weighted by atomic mass is 10.1. The summed E-state index contributed by atoms with van der Waals surface area (Å²) >= 11 is 0. The summed E-state index contributed by atoms with van der Waals surface area (Å²) in [7, 11) is 3.06. The first-order chi connectivity index (χ1) is 7.20. The predicted octanol–water partition coefficient (Wildman–Crippen LogP) is 2.68. The molecule has 0 bridgehead atoms. The van der Waals surface area contributed by atoms with Crippen molar-refractivity contribution in [3.63, 3.8) is 0 Å². The maximum absolute atomic E-state index is 5.74. The molecule has 1 aromatic heterocycles. The van der Waals surface area contributed by atoms with Crippen LogP contribution in [0.1, 0.15) is 12.5 Å². The second-order valence-corrected chi connectivity index (χ2v) is 3.85. The van der Waals surface area contributed by atoms with Crippen molar-refractivity contribution in [2.45, 2.75) is 19.4 Å². The summed E-state index contributed by atoms with van der Waals surface area (Å²) in [4.78, 5) is 0. The molecule has 0 saturated carbocycles. The number of fused-ring (bicyclic) bond motifs is 1. The van der Waals surface area contributed by atoms with Gasteiger partial charge in [0.25, 0.3) is 0 Å². The van der Waals surface area contributed by atoms with Gasteiger partial charge in [-0.2, -0.15) is 0 Å². The minimum absolute atomic E-state index is 0.145. The molecule has 1 atom stereocenters. The molecule has 0 aliphatic rings. The van der Waals surface area contributed by atoms with Crippen LogP contribution in [0.2, 0.25) is 0 Å². The molecule has 4 nitrogen and oxygen atoms in total. The fraction of sp³-hybridized carbons (Fsp3) is 0.300. The third kappa shape index (κ3) is 2.06. The first kappa shape index (κ1) is 10.3. The Hall–Kier alpha value is -1.25. The van der Waals surface area contributed by atoms with E-state index in [0.717, 1.165) is 23.0 Å². The monoisotopic (exact) mass is 221 g/mol. The topological polar surface area (TPSA) is 64.4 Å². The third-order valence-electron chi connectivity index (χ3n) is 2.18. The maximum Gasteiger partial charge on any atom is 0.206 e. The van der Waals surface area contributed by atoms with Gasteiger partial charge >= 0.3 is 0 Å². The van der Waals surface area contributed by atoms with Crippen molar-refractivity contribution in [1.82, 2.24) is 5.16 Å². The van der Waals surface area contributed by atoms with Crippen LogP contribution in [0.25, 0.3) is 11.0 Å². The maximum atomic E-state index is 5.74. The number of hydrogen-bond acceptors (Lipinski definition) is 4. The molecule has 0 fully saturated rings. The van der Waals surface area contributed by atoms with Crippen molar-refractivity contribution in [3.05, 3.63) is 23.8 Å². The van der Waals surface area contributed by atoms with Crippen LogP contribution in [0.4, 0.5) is 5.82 Å². The fourth-order valence-electron chi connectivity index (χ4n) is 1.55. The van der Waals surface area contributed by atoms with Crippen molar-refractivity contribution < 1.29 is 4.52 Å². The Bertz CT molecular complexity index is 492. The van der Waals surface area contributed by atoms with Gasteiger partial charge in [0.05, 0.1) is 5.39 Å². The number of nitrogens with zero attached hydrogens (tertiary/aromatic N) is 2. The number of hydrogen-bond donors (Lipinski definition) is 1. The second-order valence-electron chi connectivity index (χ2n) is 3.63. The molecule has 0 radical (unpaired) electrons. The molecule has 1 aromatic carbocycles. The number of benzene rings is 1. The highest BCUT2D eigenvalue weighted by Gasteiger charge is 2.07. The fourth-order valence-corrected chi connectivity index (χ4v) is 1.71. The predicted molar refractivity (Wildman–Crippen MR) is 61.8 cm³/mol. The Balaban J connectivity index is 2.48. The minimum Gasteiger partial charge on any atom is -0.354 e. The largest absolute Gasteiger partial charge is 0.354 e. The summed E-state index contributed by atoms with van der Waals surface area (Å²) < 4.78 is 8.94. The van der Waals surface area contributed by atoms with E-state index in [9.17, 15) is 0 Å². The van der Waals surface area contributed by atoms with E-state index < -0.39 is 0 Å². The number of aromatic nitrogens is 1. The zero-order valence-corrected chi connectivity index (χ0v) is 9.40. The van der Waals surface area contributed by atoms with Gasteiger partial charge in [-0.1, -0.05) is 11.2 Å². The smallest absolute Gasteiger partial charge is 0.206 e. The highest BCUT2D eigenvalue weighted by molar-refractivity contribution is 7.04. The van der Waals surface area contributed by atoms with Crippen molar-refractivity contribution in [2.24, 2.45) is 10.5 Å². The first-order valence-electron chi connectivity index (χ1n) is 4.72. The van der Waals surface area contributed by atoms with Gasteiger partial charge in [0, 0.05) is 6.04 Å². The van der Waals surface area contributed by atoms with Gasteiger partial charge in [-0.3, -0.25) is 0 Å². The van der Waals surface area contributed by atoms with Gasteiger partial charge in [-0.15, -0.1) is 0 Å². The molecule has 15 heavy (non-hydrogen) atoms. The van der Waals surface area contributed by atoms with Gasteiger partial charge in [0.2, 0.25) is 5.82 Å². The van der Waals surface area contributed by atoms with Gasteiger partial charge in [0.1, 0.15) is 0 Å². The molecular weight excluding hydrogens is 209 g/mol. The summed E-state index contributed by atoms with van der Waals surface area (Å²) in [5, 5.41) is 4.72. The third-order valence-corrected chi connectivity index (χ3v) is 2.39. The van der Waals surface area contributed by atoms with E-state index in [2.05, 4.69) is 18.9 Å². The lowest BCUT2D eigenvalue weighted by molar-refractivity contribution is 0.459. The zero-order chi connectivity index (χ0) is 10.8. The molecule has 0 aliphatic heterocycles. The van der Waals surface area contributed by atoms with Crippen molar-refractivity contribution in [2.75, 3.05) is 0 Å². The Morgan fingerprint density at radius 1 is 1.60 bits per heavy atom. The standard InChI is InChI=1S/C10H12N3OP/c1-6(11)4-7-2-3-9-8(5-7)10(13-15)12-14-9/h2-3,5-6,15H,4,11H2,1H3. The summed E-state index contributed by atoms with van der Waals surface area (Å²) in [6.45, 7) is 1.98. The zero-order valence-electron chi connectivity index (χ0n) is 8.40. The van der Waals surface area contributed by atoms with Crippen LogP contribution in [0.3, 0.4) is 0 Å². The number of nitrogens with two attached hydrogens (primary N) is 1. The average molecular weight is 221 g/mol. The Kier molecular flexibility index (Phi) is 2.80. The Morgan fingerprint density at radius 3 is 3.07 bits per heavy atom. The van der Waals surface area contributed by atoms with Crippen molar-refractivity contribution in [1.29, 1.82) is 0 Å². The molecule has 0 spiro atoms. The molecule has 0 aliphatic carbocycles. The minimum atomic E-state index is 0.145. The average Bonchev–Trinajstić information content (AvgIpc) is 2.59. The molecule has 2 N–H and O–H groups in total. The molecule has 1 heterocycles. The molecule has 5 heteroatoms. The quantitative estimate of drug-likeness (QED) is 0.810. The van der Waals surface area contributed by atoms with Gasteiger partial charge in [0.15, 0.2) is 5.58 Å². The number of rotatable bonds is 3. The molecule has 2 rings (SSSR count). The van der Waals surface area contributed by atoms with Gasteiger partial charge in [-0.05, 0) is 40.1 Å². The Morgan fingerprint density at radius 2 is 2.40 bits per heavy atom. The van der Waals surface area contributed by atoms with E-state index in [1.165, 1.54) is 0 Å². The van der Waals surface area contributed by atoms with Gasteiger partial charge < -0.3 is 10.3 Å². The van der Waals surface area contributed by atoms with Crippen LogP contribution in [-0.2, 0) is 6.42 Å². The normalized spacial score (nSPS) is 12.9. The SMILES string of the molecule is CC(N)Cc1ccc2onc(N=P)c2c1. The Labute approximate surface area is 89.7 Å². The lowest BCUT2D eigenvalue weighted by Crippen LogP contribution is -2.17. The van der Waals surface area contributed by atoms with Crippen LogP contribution in [0.5, 0.6) is 0 Å². The van der Waals surface area contributed by atoms with Crippen LogP contribution in [0.15, 0.2) is 27.5 Å².